The molecular weight excluding hydrogens is 280 g/mol. The lowest BCUT2D eigenvalue weighted by Gasteiger charge is -2.14. The predicted octanol–water partition coefficient (Wildman–Crippen LogP) is 2.82. The van der Waals surface area contributed by atoms with Gasteiger partial charge in [0.05, 0.1) is 17.7 Å². The molecule has 0 spiro atoms. The van der Waals surface area contributed by atoms with E-state index in [4.69, 9.17) is 32.5 Å². The van der Waals surface area contributed by atoms with Gasteiger partial charge in [-0.15, -0.1) is 0 Å². The van der Waals surface area contributed by atoms with Crippen LogP contribution in [0.15, 0.2) is 36.4 Å². The Morgan fingerprint density at radius 2 is 1.85 bits per heavy atom. The van der Waals surface area contributed by atoms with Crippen LogP contribution in [0, 0.1) is 0 Å². The second-order valence-electron chi connectivity index (χ2n) is 4.00. The van der Waals surface area contributed by atoms with Crippen molar-refractivity contribution in [3.8, 4) is 17.2 Å². The summed E-state index contributed by atoms with van der Waals surface area (Å²) in [5.41, 5.74) is 11.4. The fourth-order valence-corrected chi connectivity index (χ4v) is 1.98. The van der Waals surface area contributed by atoms with E-state index in [1.54, 1.807) is 24.3 Å². The topological polar surface area (TPSA) is 87.6 Å². The van der Waals surface area contributed by atoms with Gasteiger partial charge in [0.1, 0.15) is 0 Å². The number of hydrogen-bond acceptors (Lipinski definition) is 4. The van der Waals surface area contributed by atoms with Crippen molar-refractivity contribution in [1.82, 2.24) is 0 Å². The van der Waals surface area contributed by atoms with Crippen LogP contribution in [0.5, 0.6) is 17.2 Å². The van der Waals surface area contributed by atoms with Gasteiger partial charge in [-0.05, 0) is 24.3 Å². The summed E-state index contributed by atoms with van der Waals surface area (Å²) in [4.78, 5) is 11.5. The van der Waals surface area contributed by atoms with E-state index in [9.17, 15) is 4.79 Å². The molecule has 0 fully saturated rings. The van der Waals surface area contributed by atoms with Crippen LogP contribution in [-0.2, 0) is 0 Å². The number of halogens is 1. The van der Waals surface area contributed by atoms with Gasteiger partial charge in [-0.1, -0.05) is 23.7 Å². The number of methoxy groups -OCH3 is 1. The van der Waals surface area contributed by atoms with E-state index < -0.39 is 5.91 Å². The smallest absolute Gasteiger partial charge is 0.252 e. The number of benzene rings is 2. The van der Waals surface area contributed by atoms with Crippen LogP contribution in [0.2, 0.25) is 5.02 Å². The molecule has 0 bridgehead atoms. The van der Waals surface area contributed by atoms with Crippen LogP contribution in [0.4, 0.5) is 5.69 Å². The van der Waals surface area contributed by atoms with Crippen molar-refractivity contribution in [3.63, 3.8) is 0 Å². The second kappa shape index (κ2) is 5.71. The SMILES string of the molecule is COc1ccccc1Oc1c(Cl)cc(N)cc1C(N)=O. The maximum atomic E-state index is 11.5. The van der Waals surface area contributed by atoms with Crippen LogP contribution in [0.1, 0.15) is 10.4 Å². The Kier molecular flexibility index (Phi) is 4.00. The average Bonchev–Trinajstić information content (AvgIpc) is 2.41. The number of hydrogen-bond donors (Lipinski definition) is 2. The Hall–Kier alpha value is -2.40. The van der Waals surface area contributed by atoms with Crippen LogP contribution >= 0.6 is 11.6 Å². The Morgan fingerprint density at radius 1 is 1.20 bits per heavy atom. The first kappa shape index (κ1) is 14.0. The van der Waals surface area contributed by atoms with Crippen molar-refractivity contribution < 1.29 is 14.3 Å². The molecule has 0 heterocycles. The lowest BCUT2D eigenvalue weighted by Crippen LogP contribution is -2.13. The first-order valence-corrected chi connectivity index (χ1v) is 6.10. The van der Waals surface area contributed by atoms with E-state index in [2.05, 4.69) is 0 Å². The van der Waals surface area contributed by atoms with Gasteiger partial charge in [0, 0.05) is 5.69 Å². The molecule has 104 valence electrons. The van der Waals surface area contributed by atoms with Crippen molar-refractivity contribution in [2.24, 2.45) is 5.73 Å². The number of rotatable bonds is 4. The van der Waals surface area contributed by atoms with E-state index >= 15 is 0 Å². The summed E-state index contributed by atoms with van der Waals surface area (Å²) in [6, 6.07) is 9.89. The maximum Gasteiger partial charge on any atom is 0.252 e. The summed E-state index contributed by atoms with van der Waals surface area (Å²) < 4.78 is 10.8. The van der Waals surface area contributed by atoms with Crippen LogP contribution in [0.3, 0.4) is 0 Å². The highest BCUT2D eigenvalue weighted by molar-refractivity contribution is 6.33. The molecule has 0 atom stereocenters. The summed E-state index contributed by atoms with van der Waals surface area (Å²) in [5, 5.41) is 0.199. The van der Waals surface area contributed by atoms with Gasteiger partial charge in [-0.3, -0.25) is 4.79 Å². The van der Waals surface area contributed by atoms with Crippen LogP contribution in [-0.4, -0.2) is 13.0 Å². The summed E-state index contributed by atoms with van der Waals surface area (Å²) in [6.07, 6.45) is 0. The Balaban J connectivity index is 2.50. The lowest BCUT2D eigenvalue weighted by molar-refractivity contribution is 0.0998. The van der Waals surface area contributed by atoms with E-state index in [1.165, 1.54) is 19.2 Å². The normalized spacial score (nSPS) is 10.1. The molecule has 4 N–H and O–H groups in total. The molecule has 2 aromatic rings. The number of ether oxygens (including phenoxy) is 2. The molecule has 0 aromatic heterocycles. The number of nitrogen functional groups attached to an aromatic ring is 1. The highest BCUT2D eigenvalue weighted by Crippen LogP contribution is 2.38. The number of primary amides is 1. The molecule has 0 aliphatic rings. The summed E-state index contributed by atoms with van der Waals surface area (Å²) in [5.74, 6) is 0.405. The van der Waals surface area contributed by atoms with Gasteiger partial charge >= 0.3 is 0 Å². The fraction of sp³-hybridized carbons (Fsp3) is 0.0714. The minimum Gasteiger partial charge on any atom is -0.493 e. The van der Waals surface area contributed by atoms with E-state index in [0.29, 0.717) is 17.2 Å². The van der Waals surface area contributed by atoms with E-state index in [1.807, 2.05) is 0 Å². The third-order valence-electron chi connectivity index (χ3n) is 2.61. The minimum atomic E-state index is -0.677. The van der Waals surface area contributed by atoms with Crippen LogP contribution < -0.4 is 20.9 Å². The minimum absolute atomic E-state index is 0.112. The molecule has 0 radical (unpaired) electrons. The molecule has 0 aliphatic heterocycles. The van der Waals surface area contributed by atoms with E-state index in [0.717, 1.165) is 0 Å². The Bertz CT molecular complexity index is 659. The number of carbonyl (C=O) groups excluding carboxylic acids is 1. The monoisotopic (exact) mass is 292 g/mol. The average molecular weight is 293 g/mol. The summed E-state index contributed by atoms with van der Waals surface area (Å²) in [7, 11) is 1.52. The number of nitrogens with two attached hydrogens (primary N) is 2. The van der Waals surface area contributed by atoms with Crippen molar-refractivity contribution >= 4 is 23.2 Å². The summed E-state index contributed by atoms with van der Waals surface area (Å²) >= 11 is 6.07. The highest BCUT2D eigenvalue weighted by atomic mass is 35.5. The van der Waals surface area contributed by atoms with E-state index in [-0.39, 0.29) is 16.3 Å². The van der Waals surface area contributed by atoms with Gasteiger partial charge in [0.15, 0.2) is 17.2 Å². The second-order valence-corrected chi connectivity index (χ2v) is 4.40. The Morgan fingerprint density at radius 3 is 2.45 bits per heavy atom. The van der Waals surface area contributed by atoms with Gasteiger partial charge < -0.3 is 20.9 Å². The molecule has 0 saturated heterocycles. The zero-order chi connectivity index (χ0) is 14.7. The molecule has 0 unspecified atom stereocenters. The molecular formula is C14H13ClN2O3. The van der Waals surface area contributed by atoms with Gasteiger partial charge in [-0.25, -0.2) is 0 Å². The third-order valence-corrected chi connectivity index (χ3v) is 2.89. The number of carbonyl (C=O) groups is 1. The molecule has 2 rings (SSSR count). The van der Waals surface area contributed by atoms with Crippen molar-refractivity contribution in [1.29, 1.82) is 0 Å². The molecule has 0 aliphatic carbocycles. The maximum absolute atomic E-state index is 11.5. The number of anilines is 1. The first-order chi connectivity index (χ1) is 9.52. The zero-order valence-electron chi connectivity index (χ0n) is 10.7. The Labute approximate surface area is 121 Å². The number of para-hydroxylation sites is 2. The molecule has 1 amide bonds. The van der Waals surface area contributed by atoms with Gasteiger partial charge in [-0.2, -0.15) is 0 Å². The standard InChI is InChI=1S/C14H13ClN2O3/c1-19-11-4-2-3-5-12(11)20-13-9(14(17)18)6-8(16)7-10(13)15/h2-7H,16H2,1H3,(H2,17,18). The third kappa shape index (κ3) is 2.78. The molecule has 5 nitrogen and oxygen atoms in total. The summed E-state index contributed by atoms with van der Waals surface area (Å²) in [6.45, 7) is 0. The predicted molar refractivity (Wildman–Crippen MR) is 77.5 cm³/mol. The highest BCUT2D eigenvalue weighted by Gasteiger charge is 2.17. The van der Waals surface area contributed by atoms with Gasteiger partial charge in [0.25, 0.3) is 5.91 Å². The largest absolute Gasteiger partial charge is 0.493 e. The van der Waals surface area contributed by atoms with Crippen molar-refractivity contribution in [2.45, 2.75) is 0 Å². The molecule has 2 aromatic carbocycles. The fourth-order valence-electron chi connectivity index (χ4n) is 1.71. The van der Waals surface area contributed by atoms with Crippen molar-refractivity contribution in [2.75, 3.05) is 12.8 Å². The number of amides is 1. The lowest BCUT2D eigenvalue weighted by atomic mass is 10.1. The molecule has 0 saturated carbocycles. The van der Waals surface area contributed by atoms with Crippen molar-refractivity contribution in [3.05, 3.63) is 47.0 Å². The van der Waals surface area contributed by atoms with Crippen LogP contribution in [0.25, 0.3) is 0 Å². The molecule has 6 heteroatoms. The first-order valence-electron chi connectivity index (χ1n) is 5.72. The quantitative estimate of drug-likeness (QED) is 0.848. The zero-order valence-corrected chi connectivity index (χ0v) is 11.5. The molecule has 20 heavy (non-hydrogen) atoms. The van der Waals surface area contributed by atoms with Gasteiger partial charge in [0.2, 0.25) is 0 Å².